The number of nitrogens with zero attached hydrogens (tertiary/aromatic N) is 3. The average Bonchev–Trinajstić information content (AvgIpc) is 2.82. The van der Waals surface area contributed by atoms with Crippen molar-refractivity contribution in [1.82, 2.24) is 12.9 Å². The number of aryl methyl sites for hydroxylation is 1. The quantitative estimate of drug-likeness (QED) is 0.0708. The first kappa shape index (κ1) is 32.4. The van der Waals surface area contributed by atoms with Crippen LogP contribution in [0.4, 0.5) is 4.79 Å². The predicted molar refractivity (Wildman–Crippen MR) is 133 cm³/mol. The number of rotatable bonds is 17. The van der Waals surface area contributed by atoms with Crippen LogP contribution in [0.15, 0.2) is 24.3 Å². The Balaban J connectivity index is 2.48. The summed E-state index contributed by atoms with van der Waals surface area (Å²) in [6.07, 6.45) is 2.66. The Morgan fingerprint density at radius 2 is 1.31 bits per heavy atom. The molecule has 0 aromatic heterocycles. The molecule has 0 saturated heterocycles. The van der Waals surface area contributed by atoms with Gasteiger partial charge in [0.25, 0.3) is 0 Å². The van der Waals surface area contributed by atoms with Crippen LogP contribution in [-0.4, -0.2) is 117 Å². The summed E-state index contributed by atoms with van der Waals surface area (Å²) in [4.78, 5) is 61.3. The first-order chi connectivity index (χ1) is 18.3. The van der Waals surface area contributed by atoms with Crippen molar-refractivity contribution in [2.45, 2.75) is 57.2 Å². The second-order valence-corrected chi connectivity index (χ2v) is 12.2. The molecule has 1 aromatic carbocycles. The summed E-state index contributed by atoms with van der Waals surface area (Å²) in [6, 6.07) is 5.70. The van der Waals surface area contributed by atoms with Crippen molar-refractivity contribution in [1.29, 1.82) is 0 Å². The Hall–Kier alpha value is -2.82. The van der Waals surface area contributed by atoms with Crippen molar-refractivity contribution in [3.8, 4) is 0 Å². The Morgan fingerprint density at radius 3 is 1.79 bits per heavy atom. The second-order valence-electron chi connectivity index (χ2n) is 9.57. The Bertz CT molecular complexity index is 990. The Morgan fingerprint density at radius 1 is 0.795 bits per heavy atom. The van der Waals surface area contributed by atoms with Gasteiger partial charge in [0.1, 0.15) is 0 Å². The molecule has 1 saturated carbocycles. The molecule has 5 N–H and O–H groups in total. The van der Waals surface area contributed by atoms with Crippen molar-refractivity contribution in [3.63, 3.8) is 0 Å². The number of carbonyl (C=O) groups is 5. The molecule has 13 nitrogen and oxygen atoms in total. The minimum absolute atomic E-state index is 0.00575. The van der Waals surface area contributed by atoms with Crippen LogP contribution in [0.2, 0.25) is 0 Å². The number of benzene rings is 1. The van der Waals surface area contributed by atoms with E-state index >= 15 is 0 Å². The van der Waals surface area contributed by atoms with Gasteiger partial charge < -0.3 is 0 Å². The second kappa shape index (κ2) is 15.7. The van der Waals surface area contributed by atoms with Gasteiger partial charge in [-0.25, -0.2) is 0 Å². The summed E-state index contributed by atoms with van der Waals surface area (Å²) in [6.45, 7) is -0.192. The van der Waals surface area contributed by atoms with E-state index < -0.39 is 93.6 Å². The number of hydrogen-bond donors (Lipinski definition) is 5. The van der Waals surface area contributed by atoms with Crippen LogP contribution in [0.5, 0.6) is 0 Å². The summed E-state index contributed by atoms with van der Waals surface area (Å²) in [7, 11) is 0. The van der Waals surface area contributed by atoms with E-state index in [-0.39, 0.29) is 13.0 Å². The summed E-state index contributed by atoms with van der Waals surface area (Å²) in [5, 5.41) is 47.6. The van der Waals surface area contributed by atoms with Crippen molar-refractivity contribution < 1.29 is 71.0 Å². The van der Waals surface area contributed by atoms with Gasteiger partial charge in [-0.3, -0.25) is 0 Å². The molecule has 1 fully saturated rings. The van der Waals surface area contributed by atoms with Gasteiger partial charge in [-0.1, -0.05) is 0 Å². The third-order valence-corrected chi connectivity index (χ3v) is 8.65. The molecule has 14 heteroatoms. The number of halogens is 1. The maximum absolute atomic E-state index is 11.9. The standard InChI is InChI=1S/C25H35IN3O10/c1-16-6-8-17(9-7-16)10-18(27(12-21(30)31)13-22(32)33)11-28(14-23(34)35)19-4-2-3-5-20(19)29(15-24(36)37)26-25(38)39/h6-9,18-20H,2-5,10-15H2,1H3,(H,30,31)(H,32,33)(H,34,35)(H,36,37)(H,38,39)/q-1. The number of aliphatic carboxylic acids is 4. The number of hydrogen-bond acceptors (Lipinski definition) is 8. The van der Waals surface area contributed by atoms with Gasteiger partial charge in [-0.2, -0.15) is 0 Å². The molecule has 3 atom stereocenters. The number of carboxylic acid groups (broad SMARTS) is 5. The first-order valence-electron chi connectivity index (χ1n) is 12.4. The molecule has 2 rings (SSSR count). The van der Waals surface area contributed by atoms with Crippen LogP contribution >= 0.6 is 0 Å². The fourth-order valence-electron chi connectivity index (χ4n) is 5.00. The third-order valence-electron chi connectivity index (χ3n) is 6.56. The molecule has 39 heavy (non-hydrogen) atoms. The monoisotopic (exact) mass is 664 g/mol. The first-order valence-corrected chi connectivity index (χ1v) is 14.5. The van der Waals surface area contributed by atoms with Crippen molar-refractivity contribution in [2.75, 3.05) is 32.7 Å². The topological polar surface area (TPSA) is 196 Å². The zero-order chi connectivity index (χ0) is 29.1. The molecule has 1 aromatic rings. The van der Waals surface area contributed by atoms with Crippen LogP contribution in [-0.2, 0) is 25.6 Å². The summed E-state index contributed by atoms with van der Waals surface area (Å²) in [5.41, 5.74) is 1.81. The maximum atomic E-state index is 11.9. The van der Waals surface area contributed by atoms with E-state index in [1.807, 2.05) is 31.2 Å². The molecule has 0 spiro atoms. The molecular weight excluding hydrogens is 629 g/mol. The molecule has 0 amide bonds. The van der Waals surface area contributed by atoms with E-state index in [2.05, 4.69) is 0 Å². The summed E-state index contributed by atoms with van der Waals surface area (Å²) < 4.78 is 0.333. The average molecular weight is 664 g/mol. The Kier molecular flexibility index (Phi) is 13.0. The normalized spacial score (nSPS) is 18.4. The third kappa shape index (κ3) is 11.4. The van der Waals surface area contributed by atoms with E-state index in [1.54, 1.807) is 4.90 Å². The molecule has 0 aliphatic heterocycles. The molecule has 218 valence electrons. The molecule has 0 bridgehead atoms. The van der Waals surface area contributed by atoms with Crippen LogP contribution in [0, 0.1) is 6.92 Å². The Labute approximate surface area is 236 Å². The molecule has 3 unspecified atom stereocenters. The SMILES string of the molecule is Cc1ccc(CC(CN(CC(=O)O)C2CCCCC2N(CC(=O)O)[I-]C(=O)O)N(CC(=O)O)CC(=O)O)cc1. The van der Waals surface area contributed by atoms with Crippen LogP contribution in [0.1, 0.15) is 36.8 Å². The van der Waals surface area contributed by atoms with Crippen molar-refractivity contribution in [3.05, 3.63) is 35.4 Å². The molecule has 1 aliphatic carbocycles. The molecule has 0 radical (unpaired) electrons. The minimum atomic E-state index is -1.71. The van der Waals surface area contributed by atoms with Crippen LogP contribution in [0.25, 0.3) is 0 Å². The van der Waals surface area contributed by atoms with Crippen molar-refractivity contribution >= 4 is 27.9 Å². The van der Waals surface area contributed by atoms with E-state index in [0.717, 1.165) is 24.0 Å². The van der Waals surface area contributed by atoms with Gasteiger partial charge in [0.15, 0.2) is 0 Å². The molecular formula is C25H35IN3O10-. The zero-order valence-corrected chi connectivity index (χ0v) is 23.8. The summed E-state index contributed by atoms with van der Waals surface area (Å²) >= 11 is -1.71. The van der Waals surface area contributed by atoms with Gasteiger partial charge in [0, 0.05) is 0 Å². The van der Waals surface area contributed by atoms with E-state index in [9.17, 15) is 49.5 Å². The summed E-state index contributed by atoms with van der Waals surface area (Å²) in [5.74, 6) is -4.81. The van der Waals surface area contributed by atoms with Gasteiger partial charge in [-0.05, 0) is 0 Å². The number of carboxylic acids is 4. The van der Waals surface area contributed by atoms with Gasteiger partial charge in [0.2, 0.25) is 0 Å². The van der Waals surface area contributed by atoms with Gasteiger partial charge >= 0.3 is 237 Å². The van der Waals surface area contributed by atoms with Gasteiger partial charge in [0.05, 0.1) is 0 Å². The van der Waals surface area contributed by atoms with E-state index in [1.165, 1.54) is 8.01 Å². The molecule has 1 aliphatic rings. The molecule has 0 heterocycles. The zero-order valence-electron chi connectivity index (χ0n) is 21.6. The van der Waals surface area contributed by atoms with E-state index in [0.29, 0.717) is 12.8 Å². The van der Waals surface area contributed by atoms with E-state index in [4.69, 9.17) is 0 Å². The van der Waals surface area contributed by atoms with Crippen LogP contribution in [0.3, 0.4) is 0 Å². The fourth-order valence-corrected chi connectivity index (χ4v) is 7.00. The van der Waals surface area contributed by atoms with Gasteiger partial charge in [-0.15, -0.1) is 0 Å². The van der Waals surface area contributed by atoms with Crippen LogP contribution < -0.4 is 21.5 Å². The van der Waals surface area contributed by atoms with Crippen molar-refractivity contribution in [2.24, 2.45) is 0 Å². The predicted octanol–water partition coefficient (Wildman–Crippen LogP) is -1.86. The fraction of sp³-hybridized carbons (Fsp3) is 0.560.